The monoisotopic (exact) mass is 196 g/mol. The Bertz CT molecular complexity index is 351. The van der Waals surface area contributed by atoms with Gasteiger partial charge in [-0.05, 0) is 32.3 Å². The highest BCUT2D eigenvalue weighted by atomic mass is 19.3. The fraction of sp³-hybridized carbons (Fsp3) is 0.500. The highest BCUT2D eigenvalue weighted by Crippen LogP contribution is 2.50. The molecule has 0 heterocycles. The first-order chi connectivity index (χ1) is 6.51. The van der Waals surface area contributed by atoms with Crippen LogP contribution in [0.1, 0.15) is 29.5 Å². The van der Waals surface area contributed by atoms with Crippen LogP contribution in [-0.4, -0.2) is 0 Å². The van der Waals surface area contributed by atoms with Crippen LogP contribution in [0, 0.1) is 19.8 Å². The molecule has 1 aliphatic rings. The minimum absolute atomic E-state index is 0.214. The third-order valence-corrected chi connectivity index (χ3v) is 2.83. The summed E-state index contributed by atoms with van der Waals surface area (Å²) < 4.78 is 27.5. The van der Waals surface area contributed by atoms with Gasteiger partial charge >= 0.3 is 0 Å². The summed E-state index contributed by atoms with van der Waals surface area (Å²) in [7, 11) is 0. The van der Waals surface area contributed by atoms with E-state index in [1.165, 1.54) is 0 Å². The zero-order chi connectivity index (χ0) is 10.3. The normalized spacial score (nSPS) is 17.1. The Kier molecular flexibility index (Phi) is 2.09. The fourth-order valence-electron chi connectivity index (χ4n) is 1.85. The molecule has 14 heavy (non-hydrogen) atoms. The van der Waals surface area contributed by atoms with E-state index in [0.29, 0.717) is 18.4 Å². The molecule has 0 amide bonds. The van der Waals surface area contributed by atoms with Crippen molar-refractivity contribution >= 4 is 0 Å². The molecular weight excluding hydrogens is 182 g/mol. The molecule has 0 unspecified atom stereocenters. The van der Waals surface area contributed by atoms with Crippen LogP contribution >= 0.6 is 0 Å². The lowest BCUT2D eigenvalue weighted by Gasteiger charge is -2.18. The summed E-state index contributed by atoms with van der Waals surface area (Å²) in [6, 6.07) is 5.16. The van der Waals surface area contributed by atoms with Crippen molar-refractivity contribution in [1.29, 1.82) is 0 Å². The molecule has 1 fully saturated rings. The Hall–Kier alpha value is -0.920. The summed E-state index contributed by atoms with van der Waals surface area (Å²) >= 11 is 0. The van der Waals surface area contributed by atoms with E-state index in [1.54, 1.807) is 19.1 Å². The van der Waals surface area contributed by atoms with E-state index >= 15 is 0 Å². The van der Waals surface area contributed by atoms with Gasteiger partial charge in [-0.1, -0.05) is 23.8 Å². The van der Waals surface area contributed by atoms with Gasteiger partial charge in [0.05, 0.1) is 0 Å². The first kappa shape index (κ1) is 9.63. The molecule has 76 valence electrons. The topological polar surface area (TPSA) is 0 Å². The summed E-state index contributed by atoms with van der Waals surface area (Å²) in [6.45, 7) is 3.69. The van der Waals surface area contributed by atoms with Gasteiger partial charge in [-0.15, -0.1) is 0 Å². The predicted octanol–water partition coefficient (Wildman–Crippen LogP) is 3.81. The second kappa shape index (κ2) is 3.04. The maximum Gasteiger partial charge on any atom is 0.276 e. The average Bonchev–Trinajstić information content (AvgIpc) is 2.84. The molecular formula is C12H14F2. The van der Waals surface area contributed by atoms with Gasteiger partial charge in [-0.2, -0.15) is 0 Å². The van der Waals surface area contributed by atoms with Gasteiger partial charge in [0.2, 0.25) is 0 Å². The van der Waals surface area contributed by atoms with Gasteiger partial charge < -0.3 is 0 Å². The molecule has 0 saturated heterocycles. The second-order valence-electron chi connectivity index (χ2n) is 4.22. The minimum atomic E-state index is -2.61. The van der Waals surface area contributed by atoms with Crippen LogP contribution in [0.25, 0.3) is 0 Å². The van der Waals surface area contributed by atoms with Gasteiger partial charge in [0.1, 0.15) is 0 Å². The second-order valence-corrected chi connectivity index (χ2v) is 4.22. The molecule has 0 aromatic heterocycles. The largest absolute Gasteiger partial charge is 0.276 e. The van der Waals surface area contributed by atoms with Crippen molar-refractivity contribution in [3.8, 4) is 0 Å². The maximum atomic E-state index is 13.7. The molecule has 0 spiro atoms. The fourth-order valence-corrected chi connectivity index (χ4v) is 1.85. The highest BCUT2D eigenvalue weighted by Gasteiger charge is 2.48. The molecule has 1 saturated carbocycles. The summed E-state index contributed by atoms with van der Waals surface area (Å²) in [5.41, 5.74) is 1.96. The van der Waals surface area contributed by atoms with Crippen LogP contribution < -0.4 is 0 Å². The van der Waals surface area contributed by atoms with Crippen molar-refractivity contribution in [3.63, 3.8) is 0 Å². The standard InChI is InChI=1S/C12H14F2/c1-8-3-6-11(9(2)7-8)12(13,14)10-4-5-10/h3,6-7,10H,4-5H2,1-2H3. The van der Waals surface area contributed by atoms with Gasteiger partial charge in [-0.3, -0.25) is 0 Å². The lowest BCUT2D eigenvalue weighted by atomic mass is 9.97. The molecule has 0 nitrogen and oxygen atoms in total. The van der Waals surface area contributed by atoms with E-state index in [-0.39, 0.29) is 5.56 Å². The molecule has 2 heteroatoms. The average molecular weight is 196 g/mol. The first-order valence-corrected chi connectivity index (χ1v) is 4.97. The van der Waals surface area contributed by atoms with E-state index in [1.807, 2.05) is 13.0 Å². The van der Waals surface area contributed by atoms with Crippen molar-refractivity contribution in [1.82, 2.24) is 0 Å². The Morgan fingerprint density at radius 1 is 1.21 bits per heavy atom. The van der Waals surface area contributed by atoms with Crippen LogP contribution in [0.15, 0.2) is 18.2 Å². The summed E-state index contributed by atoms with van der Waals surface area (Å²) in [6.07, 6.45) is 1.33. The summed E-state index contributed by atoms with van der Waals surface area (Å²) in [5, 5.41) is 0. The van der Waals surface area contributed by atoms with Gasteiger partial charge in [0, 0.05) is 11.5 Å². The molecule has 0 aliphatic heterocycles. The van der Waals surface area contributed by atoms with Crippen LogP contribution in [-0.2, 0) is 5.92 Å². The number of rotatable bonds is 2. The number of hydrogen-bond donors (Lipinski definition) is 0. The van der Waals surface area contributed by atoms with Crippen molar-refractivity contribution in [2.45, 2.75) is 32.6 Å². The smallest absolute Gasteiger partial charge is 0.201 e. The van der Waals surface area contributed by atoms with E-state index in [2.05, 4.69) is 0 Å². The third kappa shape index (κ3) is 1.54. The number of hydrogen-bond acceptors (Lipinski definition) is 0. The molecule has 2 rings (SSSR count). The first-order valence-electron chi connectivity index (χ1n) is 4.97. The van der Waals surface area contributed by atoms with Crippen molar-refractivity contribution in [2.24, 2.45) is 5.92 Å². The van der Waals surface area contributed by atoms with Gasteiger partial charge in [0.15, 0.2) is 0 Å². The molecule has 1 aromatic carbocycles. The van der Waals surface area contributed by atoms with Crippen LogP contribution in [0.4, 0.5) is 8.78 Å². The van der Waals surface area contributed by atoms with Crippen molar-refractivity contribution < 1.29 is 8.78 Å². The van der Waals surface area contributed by atoms with Crippen molar-refractivity contribution in [2.75, 3.05) is 0 Å². The Morgan fingerprint density at radius 3 is 2.36 bits per heavy atom. The van der Waals surface area contributed by atoms with Crippen LogP contribution in [0.5, 0.6) is 0 Å². The zero-order valence-corrected chi connectivity index (χ0v) is 8.48. The minimum Gasteiger partial charge on any atom is -0.201 e. The van der Waals surface area contributed by atoms with Gasteiger partial charge in [0.25, 0.3) is 5.92 Å². The number of benzene rings is 1. The molecule has 0 atom stereocenters. The summed E-state index contributed by atoms with van der Waals surface area (Å²) in [4.78, 5) is 0. The van der Waals surface area contributed by atoms with E-state index in [9.17, 15) is 8.78 Å². The molecule has 0 N–H and O–H groups in total. The molecule has 0 bridgehead atoms. The SMILES string of the molecule is Cc1ccc(C(F)(F)C2CC2)c(C)c1. The third-order valence-electron chi connectivity index (χ3n) is 2.83. The number of aryl methyl sites for hydroxylation is 2. The lowest BCUT2D eigenvalue weighted by Crippen LogP contribution is -2.17. The Balaban J connectivity index is 2.40. The lowest BCUT2D eigenvalue weighted by molar-refractivity contribution is -0.0291. The van der Waals surface area contributed by atoms with Crippen molar-refractivity contribution in [3.05, 3.63) is 34.9 Å². The highest BCUT2D eigenvalue weighted by molar-refractivity contribution is 5.34. The predicted molar refractivity (Wildman–Crippen MR) is 52.5 cm³/mol. The van der Waals surface area contributed by atoms with Crippen LogP contribution in [0.3, 0.4) is 0 Å². The quantitative estimate of drug-likeness (QED) is 0.674. The zero-order valence-electron chi connectivity index (χ0n) is 8.48. The molecule has 1 aliphatic carbocycles. The van der Waals surface area contributed by atoms with E-state index in [0.717, 1.165) is 5.56 Å². The Labute approximate surface area is 82.9 Å². The van der Waals surface area contributed by atoms with E-state index in [4.69, 9.17) is 0 Å². The number of halogens is 2. The molecule has 1 aromatic rings. The number of alkyl halides is 2. The van der Waals surface area contributed by atoms with Gasteiger partial charge in [-0.25, -0.2) is 8.78 Å². The van der Waals surface area contributed by atoms with Crippen LogP contribution in [0.2, 0.25) is 0 Å². The molecule has 0 radical (unpaired) electrons. The van der Waals surface area contributed by atoms with E-state index < -0.39 is 11.8 Å². The Morgan fingerprint density at radius 2 is 1.86 bits per heavy atom. The maximum absolute atomic E-state index is 13.7. The summed E-state index contributed by atoms with van der Waals surface area (Å²) in [5.74, 6) is -3.03.